The molecule has 2 aromatic rings. The molecule has 7 heteroatoms. The molecular weight excluding hydrogens is 443 g/mol. The molecule has 0 aliphatic carbocycles. The average Bonchev–Trinajstić information content (AvgIpc) is 2.58. The first-order valence-electron chi connectivity index (χ1n) is 7.13. The summed E-state index contributed by atoms with van der Waals surface area (Å²) >= 11 is 1.69. The second kappa shape index (κ2) is 10.5. The highest BCUT2D eigenvalue weighted by Gasteiger charge is 2.05. The van der Waals surface area contributed by atoms with Crippen LogP contribution in [-0.2, 0) is 13.1 Å². The number of hydrogen-bond acceptors (Lipinski definition) is 2. The molecule has 0 amide bonds. The molecule has 0 bridgehead atoms. The first kappa shape index (κ1) is 20.7. The van der Waals surface area contributed by atoms with Crippen LogP contribution in [0.2, 0.25) is 0 Å². The van der Waals surface area contributed by atoms with E-state index in [1.165, 1.54) is 11.0 Å². The van der Waals surface area contributed by atoms with Gasteiger partial charge >= 0.3 is 0 Å². The summed E-state index contributed by atoms with van der Waals surface area (Å²) in [5.74, 6) is -0.371. The summed E-state index contributed by atoms with van der Waals surface area (Å²) in [6.45, 7) is 0.759. The zero-order valence-electron chi connectivity index (χ0n) is 13.5. The minimum Gasteiger partial charge on any atom is -0.352 e. The number of halogens is 3. The van der Waals surface area contributed by atoms with Crippen LogP contribution in [0, 0.1) is 11.6 Å². The maximum absolute atomic E-state index is 13.6. The van der Waals surface area contributed by atoms with E-state index in [0.717, 1.165) is 17.7 Å². The first-order valence-corrected chi connectivity index (χ1v) is 8.36. The number of hydrogen-bond donors (Lipinski definition) is 2. The van der Waals surface area contributed by atoms with E-state index in [2.05, 4.69) is 27.8 Å². The Morgan fingerprint density at radius 2 is 1.71 bits per heavy atom. The fourth-order valence-corrected chi connectivity index (χ4v) is 2.42. The molecule has 0 saturated carbocycles. The molecule has 0 aliphatic heterocycles. The number of guanidine groups is 1. The third-order valence-corrected chi connectivity index (χ3v) is 4.04. The van der Waals surface area contributed by atoms with Crippen molar-refractivity contribution in [1.82, 2.24) is 10.6 Å². The monoisotopic (exact) mass is 463 g/mol. The molecule has 0 aromatic heterocycles. The summed E-state index contributed by atoms with van der Waals surface area (Å²) in [4.78, 5) is 5.28. The Balaban J connectivity index is 0.00000288. The number of benzene rings is 2. The van der Waals surface area contributed by atoms with Gasteiger partial charge in [-0.2, -0.15) is 0 Å². The van der Waals surface area contributed by atoms with Gasteiger partial charge < -0.3 is 10.6 Å². The molecule has 0 atom stereocenters. The van der Waals surface area contributed by atoms with Crippen molar-refractivity contribution in [1.29, 1.82) is 0 Å². The highest BCUT2D eigenvalue weighted by molar-refractivity contribution is 14.0. The van der Waals surface area contributed by atoms with Crippen LogP contribution in [-0.4, -0.2) is 19.3 Å². The molecule has 3 nitrogen and oxygen atoms in total. The van der Waals surface area contributed by atoms with E-state index >= 15 is 0 Å². The summed E-state index contributed by atoms with van der Waals surface area (Å²) in [5, 5.41) is 6.12. The third kappa shape index (κ3) is 6.27. The minimum atomic E-state index is -0.458. The summed E-state index contributed by atoms with van der Waals surface area (Å²) in [5.41, 5.74) is 1.37. The molecular formula is C17H20F2IN3S. The molecule has 0 saturated heterocycles. The maximum atomic E-state index is 13.6. The second-order valence-electron chi connectivity index (χ2n) is 4.86. The van der Waals surface area contributed by atoms with Crippen molar-refractivity contribution in [2.45, 2.75) is 18.0 Å². The SMILES string of the molecule is CN=C(NCc1ccc(SC)cc1)NCc1cc(F)ccc1F.I. The van der Waals surface area contributed by atoms with Crippen molar-refractivity contribution >= 4 is 41.7 Å². The smallest absolute Gasteiger partial charge is 0.191 e. The van der Waals surface area contributed by atoms with Gasteiger partial charge in [0.05, 0.1) is 0 Å². The van der Waals surface area contributed by atoms with Crippen LogP contribution in [0.5, 0.6) is 0 Å². The second-order valence-corrected chi connectivity index (χ2v) is 5.74. The van der Waals surface area contributed by atoms with Crippen molar-refractivity contribution in [2.24, 2.45) is 4.99 Å². The Morgan fingerprint density at radius 1 is 1.04 bits per heavy atom. The molecule has 2 rings (SSSR count). The molecule has 0 aliphatic rings. The zero-order valence-corrected chi connectivity index (χ0v) is 16.6. The first-order chi connectivity index (χ1) is 11.1. The average molecular weight is 463 g/mol. The van der Waals surface area contributed by atoms with Crippen molar-refractivity contribution < 1.29 is 8.78 Å². The van der Waals surface area contributed by atoms with Crippen molar-refractivity contribution in [3.63, 3.8) is 0 Å². The highest BCUT2D eigenvalue weighted by atomic mass is 127. The quantitative estimate of drug-likeness (QED) is 0.303. The van der Waals surface area contributed by atoms with Crippen molar-refractivity contribution in [3.05, 3.63) is 65.2 Å². The van der Waals surface area contributed by atoms with Gasteiger partial charge in [-0.3, -0.25) is 4.99 Å². The largest absolute Gasteiger partial charge is 0.352 e. The van der Waals surface area contributed by atoms with Gasteiger partial charge in [-0.25, -0.2) is 8.78 Å². The molecule has 0 heterocycles. The van der Waals surface area contributed by atoms with Gasteiger partial charge in [0.2, 0.25) is 0 Å². The minimum absolute atomic E-state index is 0. The molecule has 0 radical (unpaired) electrons. The summed E-state index contributed by atoms with van der Waals surface area (Å²) in [6, 6.07) is 11.6. The molecule has 130 valence electrons. The van der Waals surface area contributed by atoms with E-state index in [1.54, 1.807) is 18.8 Å². The van der Waals surface area contributed by atoms with Crippen molar-refractivity contribution in [2.75, 3.05) is 13.3 Å². The van der Waals surface area contributed by atoms with E-state index in [4.69, 9.17) is 0 Å². The van der Waals surface area contributed by atoms with Gasteiger partial charge in [0.15, 0.2) is 5.96 Å². The number of aliphatic imine (C=N–C) groups is 1. The van der Waals surface area contributed by atoms with Gasteiger partial charge in [-0.1, -0.05) is 12.1 Å². The molecule has 2 N–H and O–H groups in total. The van der Waals surface area contributed by atoms with Gasteiger partial charge in [-0.15, -0.1) is 35.7 Å². The maximum Gasteiger partial charge on any atom is 0.191 e. The lowest BCUT2D eigenvalue weighted by Gasteiger charge is -2.12. The van der Waals surface area contributed by atoms with E-state index in [-0.39, 0.29) is 36.1 Å². The van der Waals surface area contributed by atoms with Crippen LogP contribution in [0.4, 0.5) is 8.78 Å². The lowest BCUT2D eigenvalue weighted by atomic mass is 10.2. The summed E-state index contributed by atoms with van der Waals surface area (Å²) < 4.78 is 26.7. The molecule has 0 spiro atoms. The van der Waals surface area contributed by atoms with Gasteiger partial charge in [-0.05, 0) is 42.2 Å². The standard InChI is InChI=1S/C17H19F2N3S.HI/c1-20-17(21-10-12-3-6-15(23-2)7-4-12)22-11-13-9-14(18)5-8-16(13)19;/h3-9H,10-11H2,1-2H3,(H2,20,21,22);1H. The van der Waals surface area contributed by atoms with Gasteiger partial charge in [0, 0.05) is 30.6 Å². The topological polar surface area (TPSA) is 36.4 Å². The zero-order chi connectivity index (χ0) is 16.7. The Morgan fingerprint density at radius 3 is 2.33 bits per heavy atom. The van der Waals surface area contributed by atoms with Crippen molar-refractivity contribution in [3.8, 4) is 0 Å². The van der Waals surface area contributed by atoms with E-state index in [1.807, 2.05) is 18.4 Å². The Hall–Kier alpha value is -1.35. The third-order valence-electron chi connectivity index (χ3n) is 3.30. The Bertz CT molecular complexity index is 678. The molecule has 0 unspecified atom stereocenters. The van der Waals surface area contributed by atoms with E-state index in [9.17, 15) is 8.78 Å². The number of nitrogens with one attached hydrogen (secondary N) is 2. The fourth-order valence-electron chi connectivity index (χ4n) is 2.01. The lowest BCUT2D eigenvalue weighted by Crippen LogP contribution is -2.36. The lowest BCUT2D eigenvalue weighted by molar-refractivity contribution is 0.581. The molecule has 0 fully saturated rings. The predicted octanol–water partition coefficient (Wildman–Crippen LogP) is 4.17. The van der Waals surface area contributed by atoms with E-state index < -0.39 is 11.6 Å². The summed E-state index contributed by atoms with van der Waals surface area (Å²) in [7, 11) is 1.63. The Labute approximate surface area is 162 Å². The number of thioether (sulfide) groups is 1. The molecule has 24 heavy (non-hydrogen) atoms. The normalized spacial score (nSPS) is 10.9. The Kier molecular flexibility index (Phi) is 9.05. The fraction of sp³-hybridized carbons (Fsp3) is 0.235. The summed E-state index contributed by atoms with van der Waals surface area (Å²) in [6.07, 6.45) is 2.03. The number of nitrogens with zero attached hydrogens (tertiary/aromatic N) is 1. The number of rotatable bonds is 5. The van der Waals surface area contributed by atoms with E-state index in [0.29, 0.717) is 12.5 Å². The van der Waals surface area contributed by atoms with Gasteiger partial charge in [0.1, 0.15) is 11.6 Å². The predicted molar refractivity (Wildman–Crippen MR) is 107 cm³/mol. The van der Waals surface area contributed by atoms with Crippen LogP contribution in [0.25, 0.3) is 0 Å². The van der Waals surface area contributed by atoms with Crippen LogP contribution in [0.1, 0.15) is 11.1 Å². The van der Waals surface area contributed by atoms with Crippen LogP contribution < -0.4 is 10.6 Å². The van der Waals surface area contributed by atoms with Crippen LogP contribution >= 0.6 is 35.7 Å². The van der Waals surface area contributed by atoms with Crippen LogP contribution in [0.3, 0.4) is 0 Å². The highest BCUT2D eigenvalue weighted by Crippen LogP contribution is 2.14. The van der Waals surface area contributed by atoms with Gasteiger partial charge in [0.25, 0.3) is 0 Å². The molecule has 2 aromatic carbocycles. The van der Waals surface area contributed by atoms with Crippen LogP contribution in [0.15, 0.2) is 52.4 Å².